The second kappa shape index (κ2) is 12.1. The zero-order chi connectivity index (χ0) is 26.5. The van der Waals surface area contributed by atoms with Crippen LogP contribution >= 0.6 is 11.3 Å². The number of amides is 2. The van der Waals surface area contributed by atoms with Crippen molar-refractivity contribution in [3.05, 3.63) is 87.9 Å². The number of nitrogens with one attached hydrogen (secondary N) is 1. The van der Waals surface area contributed by atoms with Crippen LogP contribution in [0.2, 0.25) is 0 Å². The van der Waals surface area contributed by atoms with Gasteiger partial charge in [0.05, 0.1) is 12.0 Å². The van der Waals surface area contributed by atoms with Crippen LogP contribution in [-0.4, -0.2) is 78.4 Å². The molecule has 0 bridgehead atoms. The Balaban J connectivity index is 1.44. The van der Waals surface area contributed by atoms with Gasteiger partial charge in [0.15, 0.2) is 0 Å². The molecule has 200 valence electrons. The highest BCUT2D eigenvalue weighted by Crippen LogP contribution is 2.30. The molecule has 38 heavy (non-hydrogen) atoms. The Kier molecular flexibility index (Phi) is 8.36. The third kappa shape index (κ3) is 6.06. The third-order valence-corrected chi connectivity index (χ3v) is 8.18. The van der Waals surface area contributed by atoms with E-state index in [1.807, 2.05) is 46.7 Å². The zero-order valence-corrected chi connectivity index (χ0v) is 22.3. The van der Waals surface area contributed by atoms with Gasteiger partial charge in [-0.3, -0.25) is 14.5 Å². The monoisotopic (exact) mass is 536 g/mol. The van der Waals surface area contributed by atoms with Crippen LogP contribution in [0.15, 0.2) is 66.0 Å². The number of thiophene rings is 1. The zero-order valence-electron chi connectivity index (χ0n) is 21.5. The lowest BCUT2D eigenvalue weighted by molar-refractivity contribution is -0.135. The molecule has 0 spiro atoms. The van der Waals surface area contributed by atoms with Crippen LogP contribution in [0.3, 0.4) is 0 Å². The number of halogens is 1. The van der Waals surface area contributed by atoms with Gasteiger partial charge in [-0.15, -0.1) is 11.3 Å². The first-order valence-electron chi connectivity index (χ1n) is 13.0. The summed E-state index contributed by atoms with van der Waals surface area (Å²) in [5.74, 6) is 0.418. The van der Waals surface area contributed by atoms with Crippen LogP contribution in [0.5, 0.6) is 5.75 Å². The van der Waals surface area contributed by atoms with Crippen molar-refractivity contribution in [1.82, 2.24) is 20.0 Å². The predicted octanol–water partition coefficient (Wildman–Crippen LogP) is 3.61. The highest BCUT2D eigenvalue weighted by Gasteiger charge is 2.43. The van der Waals surface area contributed by atoms with Crippen molar-refractivity contribution in [2.75, 3.05) is 39.8 Å². The molecule has 2 atom stereocenters. The van der Waals surface area contributed by atoms with Crippen molar-refractivity contribution in [3.8, 4) is 5.75 Å². The van der Waals surface area contributed by atoms with Gasteiger partial charge in [-0.2, -0.15) is 0 Å². The summed E-state index contributed by atoms with van der Waals surface area (Å²) in [4.78, 5) is 33.9. The number of rotatable bonds is 8. The smallest absolute Gasteiger partial charge is 0.264 e. The number of nitrogens with zero attached hydrogens (tertiary/aromatic N) is 3. The van der Waals surface area contributed by atoms with Crippen molar-refractivity contribution in [3.63, 3.8) is 0 Å². The van der Waals surface area contributed by atoms with Crippen LogP contribution in [0.1, 0.15) is 27.2 Å². The average Bonchev–Trinajstić information content (AvgIpc) is 3.65. The minimum Gasteiger partial charge on any atom is -0.497 e. The van der Waals surface area contributed by atoms with E-state index < -0.39 is 6.04 Å². The third-order valence-electron chi connectivity index (χ3n) is 7.32. The molecular weight excluding hydrogens is 503 g/mol. The van der Waals surface area contributed by atoms with Crippen molar-refractivity contribution in [1.29, 1.82) is 0 Å². The van der Waals surface area contributed by atoms with Gasteiger partial charge in [0.25, 0.3) is 5.91 Å². The number of likely N-dealkylation sites (tertiary alicyclic amines) is 1. The standard InChI is InChI=1S/C29H33FN4O3S/c1-37-25-5-2-4-22(16-25)19-33(18-21-7-9-23(30)10-8-21)24-17-26(28(35)32-13-11-31-12-14-32)34(20-24)29(36)27-6-3-15-38-27/h2-10,15-16,24,26,31H,11-14,17-20H2,1H3. The van der Waals surface area contributed by atoms with E-state index in [2.05, 4.69) is 10.2 Å². The van der Waals surface area contributed by atoms with Gasteiger partial charge in [-0.1, -0.05) is 30.3 Å². The fourth-order valence-electron chi connectivity index (χ4n) is 5.32. The average molecular weight is 537 g/mol. The van der Waals surface area contributed by atoms with E-state index >= 15 is 0 Å². The Morgan fingerprint density at radius 1 is 1.05 bits per heavy atom. The van der Waals surface area contributed by atoms with E-state index in [9.17, 15) is 14.0 Å². The number of carbonyl (C=O) groups excluding carboxylic acids is 2. The predicted molar refractivity (Wildman–Crippen MR) is 146 cm³/mol. The van der Waals surface area contributed by atoms with E-state index in [0.717, 1.165) is 30.0 Å². The van der Waals surface area contributed by atoms with Gasteiger partial charge in [0, 0.05) is 51.9 Å². The molecule has 3 aromatic rings. The maximum Gasteiger partial charge on any atom is 0.264 e. The molecule has 0 radical (unpaired) electrons. The van der Waals surface area contributed by atoms with Crippen molar-refractivity contribution >= 4 is 23.2 Å². The normalized spacial score (nSPS) is 19.7. The number of carbonyl (C=O) groups is 2. The summed E-state index contributed by atoms with van der Waals surface area (Å²) in [6, 6.07) is 17.6. The molecule has 1 aromatic heterocycles. The second-order valence-corrected chi connectivity index (χ2v) is 10.7. The van der Waals surface area contributed by atoms with Gasteiger partial charge in [0.1, 0.15) is 17.6 Å². The fourth-order valence-corrected chi connectivity index (χ4v) is 6.00. The van der Waals surface area contributed by atoms with E-state index in [1.54, 1.807) is 24.1 Å². The molecule has 9 heteroatoms. The molecule has 2 aliphatic heterocycles. The van der Waals surface area contributed by atoms with Gasteiger partial charge < -0.3 is 19.9 Å². The van der Waals surface area contributed by atoms with Crippen LogP contribution in [0.25, 0.3) is 0 Å². The molecule has 2 aromatic carbocycles. The first-order chi connectivity index (χ1) is 18.5. The number of methoxy groups -OCH3 is 1. The Morgan fingerprint density at radius 3 is 2.53 bits per heavy atom. The van der Waals surface area contributed by atoms with Crippen molar-refractivity contribution < 1.29 is 18.7 Å². The summed E-state index contributed by atoms with van der Waals surface area (Å²) in [6.07, 6.45) is 0.547. The fraction of sp³-hybridized carbons (Fsp3) is 0.379. The number of hydrogen-bond donors (Lipinski definition) is 1. The SMILES string of the molecule is COc1cccc(CN(Cc2ccc(F)cc2)C2CC(C(=O)N3CCNCC3)N(C(=O)c3cccs3)C2)c1. The quantitative estimate of drug-likeness (QED) is 0.477. The summed E-state index contributed by atoms with van der Waals surface area (Å²) in [7, 11) is 1.65. The summed E-state index contributed by atoms with van der Waals surface area (Å²) < 4.78 is 19.1. The van der Waals surface area contributed by atoms with Gasteiger partial charge >= 0.3 is 0 Å². The molecule has 5 rings (SSSR count). The number of piperazine rings is 1. The summed E-state index contributed by atoms with van der Waals surface area (Å²) in [6.45, 7) is 4.42. The topological polar surface area (TPSA) is 65.1 Å². The molecule has 2 amide bonds. The molecule has 0 saturated carbocycles. The first kappa shape index (κ1) is 26.3. The largest absolute Gasteiger partial charge is 0.497 e. The Hall–Kier alpha value is -3.27. The molecule has 2 fully saturated rings. The molecule has 0 aliphatic carbocycles. The van der Waals surface area contributed by atoms with Crippen LogP contribution in [0.4, 0.5) is 4.39 Å². The van der Waals surface area contributed by atoms with E-state index in [4.69, 9.17) is 4.74 Å². The van der Waals surface area contributed by atoms with Gasteiger partial charge in [0.2, 0.25) is 5.91 Å². The van der Waals surface area contributed by atoms with E-state index in [0.29, 0.717) is 44.0 Å². The first-order valence-corrected chi connectivity index (χ1v) is 13.8. The maximum absolute atomic E-state index is 13.7. The molecular formula is C29H33FN4O3S. The second-order valence-electron chi connectivity index (χ2n) is 9.80. The highest BCUT2D eigenvalue weighted by molar-refractivity contribution is 7.12. The van der Waals surface area contributed by atoms with Crippen molar-refractivity contribution in [2.24, 2.45) is 0 Å². The van der Waals surface area contributed by atoms with Crippen LogP contribution in [-0.2, 0) is 17.9 Å². The Labute approximate surface area is 226 Å². The summed E-state index contributed by atoms with van der Waals surface area (Å²) >= 11 is 1.40. The molecule has 3 heterocycles. The maximum atomic E-state index is 13.7. The Morgan fingerprint density at radius 2 is 1.82 bits per heavy atom. The molecule has 7 nitrogen and oxygen atoms in total. The van der Waals surface area contributed by atoms with Gasteiger partial charge in [-0.05, 0) is 53.3 Å². The van der Waals surface area contributed by atoms with Crippen LogP contribution in [0, 0.1) is 5.82 Å². The highest BCUT2D eigenvalue weighted by atomic mass is 32.1. The lowest BCUT2D eigenvalue weighted by Crippen LogP contribution is -2.53. The molecule has 2 aliphatic rings. The number of hydrogen-bond acceptors (Lipinski definition) is 6. The van der Waals surface area contributed by atoms with E-state index in [1.165, 1.54) is 23.5 Å². The number of ether oxygens (including phenoxy) is 1. The molecule has 1 N–H and O–H groups in total. The minimum absolute atomic E-state index is 0.0158. The Bertz CT molecular complexity index is 1230. The van der Waals surface area contributed by atoms with Crippen molar-refractivity contribution in [2.45, 2.75) is 31.6 Å². The molecule has 2 unspecified atom stereocenters. The lowest BCUT2D eigenvalue weighted by Gasteiger charge is -2.32. The molecule has 2 saturated heterocycles. The van der Waals surface area contributed by atoms with Crippen LogP contribution < -0.4 is 10.1 Å². The lowest BCUT2D eigenvalue weighted by atomic mass is 10.1. The minimum atomic E-state index is -0.520. The summed E-state index contributed by atoms with van der Waals surface area (Å²) in [5, 5.41) is 5.18. The number of benzene rings is 2. The van der Waals surface area contributed by atoms with Gasteiger partial charge in [-0.25, -0.2) is 4.39 Å². The van der Waals surface area contributed by atoms with E-state index in [-0.39, 0.29) is 23.7 Å². The summed E-state index contributed by atoms with van der Waals surface area (Å²) in [5.41, 5.74) is 2.04.